The maximum atomic E-state index is 12.6. The Bertz CT molecular complexity index is 718. The number of carbonyl (C=O) groups is 2. The van der Waals surface area contributed by atoms with Crippen molar-refractivity contribution in [3.05, 3.63) is 47.8 Å². The minimum atomic E-state index is -0.587. The average Bonchev–Trinajstić information content (AvgIpc) is 3.08. The SMILES string of the molecule is COC(=O)c1cc(C(=O)OC2CCCCC2)n(-c2ccccc2)n1. The second kappa shape index (κ2) is 7.29. The van der Waals surface area contributed by atoms with Gasteiger partial charge >= 0.3 is 11.9 Å². The van der Waals surface area contributed by atoms with Crippen LogP contribution in [0.3, 0.4) is 0 Å². The fourth-order valence-corrected chi connectivity index (χ4v) is 2.89. The Morgan fingerprint density at radius 1 is 1.08 bits per heavy atom. The van der Waals surface area contributed by atoms with Gasteiger partial charge in [0.15, 0.2) is 11.4 Å². The number of methoxy groups -OCH3 is 1. The fraction of sp³-hybridized carbons (Fsp3) is 0.389. The van der Waals surface area contributed by atoms with Crippen LogP contribution in [0.15, 0.2) is 36.4 Å². The number of hydrogen-bond acceptors (Lipinski definition) is 5. The molecule has 1 aromatic carbocycles. The van der Waals surface area contributed by atoms with E-state index < -0.39 is 11.9 Å². The highest BCUT2D eigenvalue weighted by Gasteiger charge is 2.25. The van der Waals surface area contributed by atoms with Crippen molar-refractivity contribution in [3.63, 3.8) is 0 Å². The molecule has 126 valence electrons. The summed E-state index contributed by atoms with van der Waals surface area (Å²) in [7, 11) is 1.28. The molecule has 0 atom stereocenters. The first-order chi connectivity index (χ1) is 11.7. The van der Waals surface area contributed by atoms with Crippen LogP contribution >= 0.6 is 0 Å². The Morgan fingerprint density at radius 3 is 2.46 bits per heavy atom. The monoisotopic (exact) mass is 328 g/mol. The molecule has 0 bridgehead atoms. The van der Waals surface area contributed by atoms with E-state index in [2.05, 4.69) is 5.10 Å². The zero-order valence-corrected chi connectivity index (χ0v) is 13.6. The summed E-state index contributed by atoms with van der Waals surface area (Å²) in [6.07, 6.45) is 5.03. The Kier molecular flexibility index (Phi) is 4.93. The quantitative estimate of drug-likeness (QED) is 0.806. The number of hydrogen-bond donors (Lipinski definition) is 0. The third-order valence-electron chi connectivity index (χ3n) is 4.14. The maximum absolute atomic E-state index is 12.6. The topological polar surface area (TPSA) is 70.4 Å². The fourth-order valence-electron chi connectivity index (χ4n) is 2.89. The number of aromatic nitrogens is 2. The van der Waals surface area contributed by atoms with E-state index in [9.17, 15) is 9.59 Å². The zero-order valence-electron chi connectivity index (χ0n) is 13.6. The van der Waals surface area contributed by atoms with Gasteiger partial charge in [-0.25, -0.2) is 14.3 Å². The number of benzene rings is 1. The summed E-state index contributed by atoms with van der Waals surface area (Å²) in [4.78, 5) is 24.4. The summed E-state index contributed by atoms with van der Waals surface area (Å²) in [6, 6.07) is 10.6. The molecule has 1 fully saturated rings. The molecule has 1 saturated carbocycles. The number of ether oxygens (including phenoxy) is 2. The average molecular weight is 328 g/mol. The first-order valence-corrected chi connectivity index (χ1v) is 8.14. The van der Waals surface area contributed by atoms with Gasteiger partial charge in [0.2, 0.25) is 0 Å². The first kappa shape index (κ1) is 16.2. The molecule has 1 aromatic heterocycles. The molecular weight excluding hydrogens is 308 g/mol. The lowest BCUT2D eigenvalue weighted by atomic mass is 9.98. The number of carbonyl (C=O) groups excluding carboxylic acids is 2. The van der Waals surface area contributed by atoms with Crippen molar-refractivity contribution in [2.45, 2.75) is 38.2 Å². The molecule has 0 radical (unpaired) electrons. The van der Waals surface area contributed by atoms with Gasteiger partial charge < -0.3 is 9.47 Å². The van der Waals surface area contributed by atoms with Crippen LogP contribution in [-0.2, 0) is 9.47 Å². The standard InChI is InChI=1S/C18H20N2O4/c1-23-17(21)15-12-16(18(22)24-14-10-6-3-7-11-14)20(19-15)13-8-4-2-5-9-13/h2,4-5,8-9,12,14H,3,6-7,10-11H2,1H3. The highest BCUT2D eigenvalue weighted by Crippen LogP contribution is 2.22. The lowest BCUT2D eigenvalue weighted by Crippen LogP contribution is -2.22. The molecule has 1 aliphatic rings. The molecule has 2 aromatic rings. The molecule has 6 nitrogen and oxygen atoms in total. The van der Waals surface area contributed by atoms with Crippen molar-refractivity contribution in [1.82, 2.24) is 9.78 Å². The molecule has 0 saturated heterocycles. The molecular formula is C18H20N2O4. The van der Waals surface area contributed by atoms with E-state index in [1.165, 1.54) is 24.3 Å². The van der Waals surface area contributed by atoms with Crippen LogP contribution in [0.4, 0.5) is 0 Å². The minimum absolute atomic E-state index is 0.0630. The van der Waals surface area contributed by atoms with Gasteiger partial charge in [0.05, 0.1) is 12.8 Å². The Balaban J connectivity index is 1.91. The normalized spacial score (nSPS) is 15.0. The minimum Gasteiger partial charge on any atom is -0.464 e. The molecule has 1 aliphatic carbocycles. The van der Waals surface area contributed by atoms with Gasteiger partial charge in [-0.1, -0.05) is 24.6 Å². The van der Waals surface area contributed by atoms with Gasteiger partial charge in [-0.2, -0.15) is 5.10 Å². The van der Waals surface area contributed by atoms with E-state index in [-0.39, 0.29) is 17.5 Å². The lowest BCUT2D eigenvalue weighted by molar-refractivity contribution is 0.0201. The van der Waals surface area contributed by atoms with Crippen molar-refractivity contribution in [2.75, 3.05) is 7.11 Å². The van der Waals surface area contributed by atoms with E-state index in [0.717, 1.165) is 25.7 Å². The molecule has 0 aliphatic heterocycles. The first-order valence-electron chi connectivity index (χ1n) is 8.14. The van der Waals surface area contributed by atoms with Crippen molar-refractivity contribution in [1.29, 1.82) is 0 Å². The molecule has 0 N–H and O–H groups in total. The van der Waals surface area contributed by atoms with Gasteiger partial charge in [-0.15, -0.1) is 0 Å². The van der Waals surface area contributed by atoms with Crippen molar-refractivity contribution >= 4 is 11.9 Å². The summed E-state index contributed by atoms with van der Waals surface area (Å²) < 4.78 is 11.7. The second-order valence-corrected chi connectivity index (χ2v) is 5.82. The molecule has 0 spiro atoms. The van der Waals surface area contributed by atoms with Crippen molar-refractivity contribution in [3.8, 4) is 5.69 Å². The maximum Gasteiger partial charge on any atom is 0.358 e. The van der Waals surface area contributed by atoms with E-state index in [0.29, 0.717) is 5.69 Å². The van der Waals surface area contributed by atoms with Crippen molar-refractivity contribution < 1.29 is 19.1 Å². The van der Waals surface area contributed by atoms with Gasteiger partial charge in [0, 0.05) is 6.07 Å². The van der Waals surface area contributed by atoms with Gasteiger partial charge in [-0.05, 0) is 37.8 Å². The molecule has 0 amide bonds. The highest BCUT2D eigenvalue weighted by atomic mass is 16.5. The van der Waals surface area contributed by atoms with Crippen LogP contribution in [-0.4, -0.2) is 34.9 Å². The predicted molar refractivity (Wildman–Crippen MR) is 87.2 cm³/mol. The third kappa shape index (κ3) is 3.48. The molecule has 1 heterocycles. The largest absolute Gasteiger partial charge is 0.464 e. The van der Waals surface area contributed by atoms with Crippen LogP contribution in [0.1, 0.15) is 53.1 Å². The van der Waals surface area contributed by atoms with Gasteiger partial charge in [0.1, 0.15) is 6.10 Å². The number of esters is 2. The summed E-state index contributed by atoms with van der Waals surface area (Å²) >= 11 is 0. The van der Waals surface area contributed by atoms with Crippen LogP contribution < -0.4 is 0 Å². The Labute approximate surface area is 140 Å². The van der Waals surface area contributed by atoms with E-state index in [1.807, 2.05) is 30.3 Å². The van der Waals surface area contributed by atoms with Gasteiger partial charge in [0.25, 0.3) is 0 Å². The molecule has 0 unspecified atom stereocenters. The van der Waals surface area contributed by atoms with E-state index in [4.69, 9.17) is 9.47 Å². The van der Waals surface area contributed by atoms with Crippen LogP contribution in [0.2, 0.25) is 0 Å². The second-order valence-electron chi connectivity index (χ2n) is 5.82. The zero-order chi connectivity index (χ0) is 16.9. The van der Waals surface area contributed by atoms with Crippen LogP contribution in [0, 0.1) is 0 Å². The highest BCUT2D eigenvalue weighted by molar-refractivity contribution is 5.93. The molecule has 3 rings (SSSR count). The number of para-hydroxylation sites is 1. The number of nitrogens with zero attached hydrogens (tertiary/aromatic N) is 2. The summed E-state index contributed by atoms with van der Waals surface area (Å²) in [6.45, 7) is 0. The lowest BCUT2D eigenvalue weighted by Gasteiger charge is -2.21. The van der Waals surface area contributed by atoms with Gasteiger partial charge in [-0.3, -0.25) is 0 Å². The van der Waals surface area contributed by atoms with Crippen LogP contribution in [0.5, 0.6) is 0 Å². The third-order valence-corrected chi connectivity index (χ3v) is 4.14. The molecule has 24 heavy (non-hydrogen) atoms. The Hall–Kier alpha value is -2.63. The predicted octanol–water partition coefficient (Wildman–Crippen LogP) is 3.15. The van der Waals surface area contributed by atoms with E-state index in [1.54, 1.807) is 0 Å². The smallest absolute Gasteiger partial charge is 0.358 e. The number of rotatable bonds is 4. The summed E-state index contributed by atoms with van der Waals surface area (Å²) in [5.41, 5.74) is 0.993. The van der Waals surface area contributed by atoms with E-state index >= 15 is 0 Å². The van der Waals surface area contributed by atoms with Crippen LogP contribution in [0.25, 0.3) is 5.69 Å². The summed E-state index contributed by atoms with van der Waals surface area (Å²) in [5.74, 6) is -1.05. The summed E-state index contributed by atoms with van der Waals surface area (Å²) in [5, 5.41) is 4.21. The van der Waals surface area contributed by atoms with Crippen molar-refractivity contribution in [2.24, 2.45) is 0 Å². The Morgan fingerprint density at radius 2 is 1.79 bits per heavy atom. The molecule has 6 heteroatoms.